The molecule has 0 heterocycles. The summed E-state index contributed by atoms with van der Waals surface area (Å²) in [6, 6.07) is 9.59. The Balaban J connectivity index is 1.91. The van der Waals surface area contributed by atoms with E-state index in [4.69, 9.17) is 17.0 Å². The summed E-state index contributed by atoms with van der Waals surface area (Å²) in [6.07, 6.45) is 0. The monoisotopic (exact) mass is 336 g/mol. The van der Waals surface area contributed by atoms with Gasteiger partial charge in [-0.1, -0.05) is 0 Å². The maximum atomic E-state index is 13.5. The van der Waals surface area contributed by atoms with E-state index in [9.17, 15) is 13.6 Å². The van der Waals surface area contributed by atoms with Gasteiger partial charge >= 0.3 is 0 Å². The molecule has 0 unspecified atom stereocenters. The Bertz CT molecular complexity index is 721. The summed E-state index contributed by atoms with van der Waals surface area (Å²) in [5, 5.41) is 5.14. The van der Waals surface area contributed by atoms with E-state index in [1.54, 1.807) is 24.3 Å². The lowest BCUT2D eigenvalue weighted by Crippen LogP contribution is -2.39. The van der Waals surface area contributed by atoms with Gasteiger partial charge in [0.05, 0.1) is 7.11 Å². The van der Waals surface area contributed by atoms with Crippen molar-refractivity contribution in [2.75, 3.05) is 7.11 Å². The van der Waals surface area contributed by atoms with Crippen LogP contribution in [0, 0.1) is 11.6 Å². The number of ether oxygens (including phenoxy) is 1. The van der Waals surface area contributed by atoms with Crippen LogP contribution in [0.5, 0.6) is 5.75 Å². The molecule has 7 heteroatoms. The first-order chi connectivity index (χ1) is 11.0. The third-order valence-electron chi connectivity index (χ3n) is 3.03. The maximum absolute atomic E-state index is 13.5. The molecule has 2 aromatic carbocycles. The largest absolute Gasteiger partial charge is 0.497 e. The predicted octanol–water partition coefficient (Wildman–Crippen LogP) is 2.78. The van der Waals surface area contributed by atoms with Crippen LogP contribution in [0.25, 0.3) is 0 Å². The molecule has 4 nitrogen and oxygen atoms in total. The first kappa shape index (κ1) is 16.8. The van der Waals surface area contributed by atoms with Crippen LogP contribution in [0.4, 0.5) is 8.78 Å². The fourth-order valence-electron chi connectivity index (χ4n) is 1.82. The summed E-state index contributed by atoms with van der Waals surface area (Å²) < 4.78 is 31.5. The Hall–Kier alpha value is -2.54. The molecular formula is C16H14F2N2O2S. The second-order valence-electron chi connectivity index (χ2n) is 4.60. The zero-order valence-electron chi connectivity index (χ0n) is 12.2. The molecule has 0 aromatic heterocycles. The van der Waals surface area contributed by atoms with Gasteiger partial charge in [-0.15, -0.1) is 0 Å². The van der Waals surface area contributed by atoms with Crippen molar-refractivity contribution in [3.8, 4) is 5.75 Å². The number of carbonyl (C=O) groups is 1. The van der Waals surface area contributed by atoms with E-state index in [2.05, 4.69) is 10.6 Å². The van der Waals surface area contributed by atoms with Crippen LogP contribution in [-0.2, 0) is 6.54 Å². The standard InChI is InChI=1S/C16H14F2N2O2S/c1-22-13-5-2-10(3-6-13)15(21)20-16(23)19-9-11-8-12(17)4-7-14(11)18/h2-8H,9H2,1H3,(H2,19,20,21,23). The van der Waals surface area contributed by atoms with Crippen molar-refractivity contribution in [2.45, 2.75) is 6.54 Å². The highest BCUT2D eigenvalue weighted by atomic mass is 32.1. The van der Waals surface area contributed by atoms with Crippen LogP contribution in [-0.4, -0.2) is 18.1 Å². The minimum atomic E-state index is -0.553. The second kappa shape index (κ2) is 7.64. The van der Waals surface area contributed by atoms with Gasteiger partial charge in [0.15, 0.2) is 5.11 Å². The number of rotatable bonds is 4. The fraction of sp³-hybridized carbons (Fsp3) is 0.125. The zero-order chi connectivity index (χ0) is 16.8. The Morgan fingerprint density at radius 2 is 1.87 bits per heavy atom. The van der Waals surface area contributed by atoms with Crippen molar-refractivity contribution in [3.63, 3.8) is 0 Å². The molecule has 0 saturated heterocycles. The van der Waals surface area contributed by atoms with Crippen LogP contribution in [0.1, 0.15) is 15.9 Å². The lowest BCUT2D eigenvalue weighted by Gasteiger charge is -2.10. The number of methoxy groups -OCH3 is 1. The van der Waals surface area contributed by atoms with Crippen LogP contribution in [0.3, 0.4) is 0 Å². The highest BCUT2D eigenvalue weighted by Gasteiger charge is 2.09. The highest BCUT2D eigenvalue weighted by Crippen LogP contribution is 2.11. The maximum Gasteiger partial charge on any atom is 0.257 e. The van der Waals surface area contributed by atoms with Crippen LogP contribution >= 0.6 is 12.2 Å². The van der Waals surface area contributed by atoms with Gasteiger partial charge in [0, 0.05) is 17.7 Å². The second-order valence-corrected chi connectivity index (χ2v) is 5.01. The number of amides is 1. The number of benzene rings is 2. The summed E-state index contributed by atoms with van der Waals surface area (Å²) in [7, 11) is 1.53. The molecule has 0 saturated carbocycles. The normalized spacial score (nSPS) is 10.0. The van der Waals surface area contributed by atoms with Crippen molar-refractivity contribution >= 4 is 23.2 Å². The molecule has 0 aliphatic heterocycles. The molecule has 2 N–H and O–H groups in total. The third-order valence-corrected chi connectivity index (χ3v) is 3.27. The average molecular weight is 336 g/mol. The summed E-state index contributed by atoms with van der Waals surface area (Å²) in [4.78, 5) is 12.0. The number of halogens is 2. The minimum Gasteiger partial charge on any atom is -0.497 e. The number of carbonyl (C=O) groups excluding carboxylic acids is 1. The van der Waals surface area contributed by atoms with Gasteiger partial charge in [0.2, 0.25) is 0 Å². The Morgan fingerprint density at radius 1 is 1.17 bits per heavy atom. The van der Waals surface area contributed by atoms with Crippen LogP contribution in [0.15, 0.2) is 42.5 Å². The topological polar surface area (TPSA) is 50.4 Å². The van der Waals surface area contributed by atoms with Crippen LogP contribution < -0.4 is 15.4 Å². The van der Waals surface area contributed by atoms with Crippen molar-refractivity contribution in [3.05, 3.63) is 65.2 Å². The van der Waals surface area contributed by atoms with Gasteiger partial charge in [0.25, 0.3) is 5.91 Å². The quantitative estimate of drug-likeness (QED) is 0.843. The molecule has 0 radical (unpaired) electrons. The number of hydrogen-bond donors (Lipinski definition) is 2. The van der Waals surface area contributed by atoms with Gasteiger partial charge in [-0.25, -0.2) is 8.78 Å². The van der Waals surface area contributed by atoms with Gasteiger partial charge in [-0.05, 0) is 54.7 Å². The number of thiocarbonyl (C=S) groups is 1. The van der Waals surface area contributed by atoms with Crippen LogP contribution in [0.2, 0.25) is 0 Å². The fourth-order valence-corrected chi connectivity index (χ4v) is 1.98. The average Bonchev–Trinajstić information content (AvgIpc) is 2.55. The first-order valence-electron chi connectivity index (χ1n) is 6.67. The smallest absolute Gasteiger partial charge is 0.257 e. The molecule has 0 aliphatic rings. The van der Waals surface area contributed by atoms with Crippen molar-refractivity contribution < 1.29 is 18.3 Å². The zero-order valence-corrected chi connectivity index (χ0v) is 13.0. The van der Waals surface area contributed by atoms with Gasteiger partial charge in [-0.3, -0.25) is 10.1 Å². The van der Waals surface area contributed by atoms with Crippen molar-refractivity contribution in [1.29, 1.82) is 0 Å². The molecule has 120 valence electrons. The van der Waals surface area contributed by atoms with E-state index in [0.29, 0.717) is 11.3 Å². The van der Waals surface area contributed by atoms with E-state index >= 15 is 0 Å². The Morgan fingerprint density at radius 3 is 2.52 bits per heavy atom. The summed E-state index contributed by atoms with van der Waals surface area (Å²) in [5.74, 6) is -0.881. The lowest BCUT2D eigenvalue weighted by molar-refractivity contribution is 0.0976. The molecular weight excluding hydrogens is 322 g/mol. The minimum absolute atomic E-state index is 0.0227. The number of nitrogens with one attached hydrogen (secondary N) is 2. The SMILES string of the molecule is COc1ccc(C(=O)NC(=S)NCc2cc(F)ccc2F)cc1. The molecule has 0 aliphatic carbocycles. The van der Waals surface area contributed by atoms with E-state index in [1.165, 1.54) is 7.11 Å². The Kier molecular flexibility index (Phi) is 5.59. The van der Waals surface area contributed by atoms with Crippen molar-refractivity contribution in [1.82, 2.24) is 10.6 Å². The molecule has 2 aromatic rings. The molecule has 0 bridgehead atoms. The van der Waals surface area contributed by atoms with E-state index < -0.39 is 17.5 Å². The summed E-state index contributed by atoms with van der Waals surface area (Å²) in [6.45, 7) is -0.0364. The number of hydrogen-bond acceptors (Lipinski definition) is 3. The van der Waals surface area contributed by atoms with Gasteiger partial charge in [-0.2, -0.15) is 0 Å². The molecule has 0 spiro atoms. The van der Waals surface area contributed by atoms with Crippen molar-refractivity contribution in [2.24, 2.45) is 0 Å². The van der Waals surface area contributed by atoms with E-state index in [1.807, 2.05) is 0 Å². The molecule has 0 fully saturated rings. The molecule has 1 amide bonds. The highest BCUT2D eigenvalue weighted by molar-refractivity contribution is 7.80. The summed E-state index contributed by atoms with van der Waals surface area (Å²) in [5.41, 5.74) is 0.512. The lowest BCUT2D eigenvalue weighted by atomic mass is 10.2. The first-order valence-corrected chi connectivity index (χ1v) is 7.07. The molecule has 23 heavy (non-hydrogen) atoms. The van der Waals surface area contributed by atoms with Gasteiger partial charge in [0.1, 0.15) is 17.4 Å². The third kappa shape index (κ3) is 4.72. The molecule has 2 rings (SSSR count). The van der Waals surface area contributed by atoms with E-state index in [0.717, 1.165) is 18.2 Å². The Labute approximate surface area is 137 Å². The molecule has 0 atom stereocenters. The van der Waals surface area contributed by atoms with Gasteiger partial charge < -0.3 is 10.1 Å². The predicted molar refractivity (Wildman–Crippen MR) is 86.3 cm³/mol. The van der Waals surface area contributed by atoms with E-state index in [-0.39, 0.29) is 17.2 Å². The summed E-state index contributed by atoms with van der Waals surface area (Å²) >= 11 is 4.97.